The van der Waals surface area contributed by atoms with Gasteiger partial charge in [-0.1, -0.05) is 51.8 Å². The molecule has 0 aliphatic heterocycles. The highest BCUT2D eigenvalue weighted by Gasteiger charge is 2.23. The lowest BCUT2D eigenvalue weighted by Gasteiger charge is -2.23. The Bertz CT molecular complexity index is 603. The van der Waals surface area contributed by atoms with Gasteiger partial charge in [0, 0.05) is 22.0 Å². The average Bonchev–Trinajstić information content (AvgIpc) is 2.39. The molecule has 2 unspecified atom stereocenters. The van der Waals surface area contributed by atoms with Crippen LogP contribution in [0.2, 0.25) is 5.02 Å². The van der Waals surface area contributed by atoms with Crippen LogP contribution in [0.5, 0.6) is 0 Å². The number of rotatable bonds is 4. The standard InChI is InChI=1S/C16H17BrClNO/c1-10-5-6-13(15(18)7-10)16(20)14(9-19)11-3-2-4-12(17)8-11/h2-8,14,16,20H,9,19H2,1H3. The lowest BCUT2D eigenvalue weighted by atomic mass is 9.89. The molecule has 3 N–H and O–H groups in total. The number of halogens is 2. The molecule has 0 fully saturated rings. The van der Waals surface area contributed by atoms with Gasteiger partial charge in [0.2, 0.25) is 0 Å². The minimum absolute atomic E-state index is 0.187. The highest BCUT2D eigenvalue weighted by atomic mass is 79.9. The molecule has 0 spiro atoms. The van der Waals surface area contributed by atoms with E-state index in [4.69, 9.17) is 17.3 Å². The molecule has 0 radical (unpaired) electrons. The average molecular weight is 355 g/mol. The van der Waals surface area contributed by atoms with Gasteiger partial charge in [-0.2, -0.15) is 0 Å². The highest BCUT2D eigenvalue weighted by molar-refractivity contribution is 9.10. The van der Waals surface area contributed by atoms with E-state index in [9.17, 15) is 5.11 Å². The molecule has 0 aliphatic carbocycles. The number of aliphatic hydroxyl groups is 1. The fraction of sp³-hybridized carbons (Fsp3) is 0.250. The first-order chi connectivity index (χ1) is 9.52. The van der Waals surface area contributed by atoms with Gasteiger partial charge in [0.25, 0.3) is 0 Å². The number of aliphatic hydroxyl groups excluding tert-OH is 1. The van der Waals surface area contributed by atoms with Crippen molar-refractivity contribution in [1.82, 2.24) is 0 Å². The molecular formula is C16H17BrClNO. The summed E-state index contributed by atoms with van der Waals surface area (Å²) >= 11 is 9.67. The van der Waals surface area contributed by atoms with E-state index in [-0.39, 0.29) is 5.92 Å². The molecule has 0 saturated heterocycles. The molecular weight excluding hydrogens is 338 g/mol. The summed E-state index contributed by atoms with van der Waals surface area (Å²) in [7, 11) is 0. The van der Waals surface area contributed by atoms with E-state index < -0.39 is 6.10 Å². The largest absolute Gasteiger partial charge is 0.388 e. The van der Waals surface area contributed by atoms with Gasteiger partial charge in [-0.05, 0) is 41.8 Å². The number of hydrogen-bond donors (Lipinski definition) is 2. The lowest BCUT2D eigenvalue weighted by molar-refractivity contribution is 0.147. The lowest BCUT2D eigenvalue weighted by Crippen LogP contribution is -2.20. The Morgan fingerprint density at radius 3 is 2.60 bits per heavy atom. The zero-order valence-electron chi connectivity index (χ0n) is 11.2. The fourth-order valence-electron chi connectivity index (χ4n) is 2.27. The number of aryl methyl sites for hydroxylation is 1. The SMILES string of the molecule is Cc1ccc(C(O)C(CN)c2cccc(Br)c2)c(Cl)c1. The third-order valence-electron chi connectivity index (χ3n) is 3.39. The predicted octanol–water partition coefficient (Wildman–Crippen LogP) is 4.19. The summed E-state index contributed by atoms with van der Waals surface area (Å²) < 4.78 is 0.968. The molecule has 0 aromatic heterocycles. The maximum atomic E-state index is 10.6. The molecule has 4 heteroatoms. The summed E-state index contributed by atoms with van der Waals surface area (Å²) in [5.74, 6) is -0.187. The minimum Gasteiger partial charge on any atom is -0.388 e. The monoisotopic (exact) mass is 353 g/mol. The Morgan fingerprint density at radius 2 is 2.00 bits per heavy atom. The summed E-state index contributed by atoms with van der Waals surface area (Å²) in [4.78, 5) is 0. The summed E-state index contributed by atoms with van der Waals surface area (Å²) in [6.45, 7) is 2.32. The van der Waals surface area contributed by atoms with E-state index in [1.165, 1.54) is 0 Å². The van der Waals surface area contributed by atoms with E-state index in [0.717, 1.165) is 15.6 Å². The molecule has 0 heterocycles. The second-order valence-corrected chi connectivity index (χ2v) is 6.19. The van der Waals surface area contributed by atoms with Crippen LogP contribution < -0.4 is 5.73 Å². The molecule has 20 heavy (non-hydrogen) atoms. The first-order valence-electron chi connectivity index (χ1n) is 6.42. The molecule has 0 saturated carbocycles. The zero-order valence-corrected chi connectivity index (χ0v) is 13.5. The second-order valence-electron chi connectivity index (χ2n) is 4.87. The maximum Gasteiger partial charge on any atom is 0.0885 e. The van der Waals surface area contributed by atoms with E-state index in [1.54, 1.807) is 0 Å². The first-order valence-corrected chi connectivity index (χ1v) is 7.59. The van der Waals surface area contributed by atoms with Crippen molar-refractivity contribution in [1.29, 1.82) is 0 Å². The third kappa shape index (κ3) is 3.41. The highest BCUT2D eigenvalue weighted by Crippen LogP contribution is 2.35. The topological polar surface area (TPSA) is 46.2 Å². The smallest absolute Gasteiger partial charge is 0.0885 e. The normalized spacial score (nSPS) is 14.1. The van der Waals surface area contributed by atoms with Gasteiger partial charge in [-0.15, -0.1) is 0 Å². The molecule has 2 aromatic carbocycles. The van der Waals surface area contributed by atoms with Crippen molar-refractivity contribution in [3.8, 4) is 0 Å². The van der Waals surface area contributed by atoms with E-state index >= 15 is 0 Å². The van der Waals surface area contributed by atoms with Gasteiger partial charge in [-0.25, -0.2) is 0 Å². The first kappa shape index (κ1) is 15.5. The fourth-order valence-corrected chi connectivity index (χ4v) is 3.04. The Kier molecular flexibility index (Phi) is 5.22. The molecule has 0 bridgehead atoms. The van der Waals surface area contributed by atoms with Gasteiger partial charge < -0.3 is 10.8 Å². The Balaban J connectivity index is 2.36. The molecule has 0 aliphatic rings. The van der Waals surface area contributed by atoms with Crippen molar-refractivity contribution < 1.29 is 5.11 Å². The Labute approximate surface area is 132 Å². The second kappa shape index (κ2) is 6.72. The Hall–Kier alpha value is -0.870. The number of hydrogen-bond acceptors (Lipinski definition) is 2. The van der Waals surface area contributed by atoms with Crippen molar-refractivity contribution >= 4 is 27.5 Å². The summed E-state index contributed by atoms with van der Waals surface area (Å²) in [6.07, 6.45) is -0.720. The van der Waals surface area contributed by atoms with Gasteiger partial charge in [0.15, 0.2) is 0 Å². The predicted molar refractivity (Wildman–Crippen MR) is 87.1 cm³/mol. The van der Waals surface area contributed by atoms with Crippen molar-refractivity contribution in [2.75, 3.05) is 6.54 Å². The van der Waals surface area contributed by atoms with Gasteiger partial charge >= 0.3 is 0 Å². The van der Waals surface area contributed by atoms with Crippen LogP contribution >= 0.6 is 27.5 Å². The van der Waals surface area contributed by atoms with Crippen LogP contribution in [0.3, 0.4) is 0 Å². The van der Waals surface area contributed by atoms with E-state index in [1.807, 2.05) is 49.4 Å². The van der Waals surface area contributed by atoms with E-state index in [0.29, 0.717) is 17.1 Å². The van der Waals surface area contributed by atoms with Gasteiger partial charge in [0.1, 0.15) is 0 Å². The van der Waals surface area contributed by atoms with E-state index in [2.05, 4.69) is 15.9 Å². The van der Waals surface area contributed by atoms with Crippen molar-refractivity contribution in [3.63, 3.8) is 0 Å². The van der Waals surface area contributed by atoms with Crippen molar-refractivity contribution in [2.24, 2.45) is 5.73 Å². The molecule has 2 aromatic rings. The molecule has 0 amide bonds. The van der Waals surface area contributed by atoms with Crippen LogP contribution in [0, 0.1) is 6.92 Å². The summed E-state index contributed by atoms with van der Waals surface area (Å²) in [5.41, 5.74) is 8.63. The summed E-state index contributed by atoms with van der Waals surface area (Å²) in [5, 5.41) is 11.2. The van der Waals surface area contributed by atoms with Crippen LogP contribution in [0.4, 0.5) is 0 Å². The van der Waals surface area contributed by atoms with Crippen LogP contribution in [-0.4, -0.2) is 11.7 Å². The minimum atomic E-state index is -0.720. The van der Waals surface area contributed by atoms with Crippen molar-refractivity contribution in [2.45, 2.75) is 18.9 Å². The maximum absolute atomic E-state index is 10.6. The number of nitrogens with two attached hydrogens (primary N) is 1. The molecule has 106 valence electrons. The molecule has 2 atom stereocenters. The number of benzene rings is 2. The molecule has 2 rings (SSSR count). The van der Waals surface area contributed by atoms with Crippen LogP contribution in [0.1, 0.15) is 28.7 Å². The van der Waals surface area contributed by atoms with Crippen LogP contribution in [-0.2, 0) is 0 Å². The molecule has 2 nitrogen and oxygen atoms in total. The zero-order chi connectivity index (χ0) is 14.7. The van der Waals surface area contributed by atoms with Crippen LogP contribution in [0.15, 0.2) is 46.9 Å². The van der Waals surface area contributed by atoms with Crippen molar-refractivity contribution in [3.05, 3.63) is 68.7 Å². The van der Waals surface area contributed by atoms with Crippen LogP contribution in [0.25, 0.3) is 0 Å². The van der Waals surface area contributed by atoms with Gasteiger partial charge in [0.05, 0.1) is 6.10 Å². The Morgan fingerprint density at radius 1 is 1.25 bits per heavy atom. The summed E-state index contributed by atoms with van der Waals surface area (Å²) in [6, 6.07) is 13.5. The van der Waals surface area contributed by atoms with Gasteiger partial charge in [-0.3, -0.25) is 0 Å². The third-order valence-corrected chi connectivity index (χ3v) is 4.21. The quantitative estimate of drug-likeness (QED) is 0.865.